The molecule has 0 aromatic rings. The Hall–Kier alpha value is -1.31. The Bertz CT molecular complexity index is 391. The van der Waals surface area contributed by atoms with E-state index in [1.165, 1.54) is 24.8 Å². The van der Waals surface area contributed by atoms with E-state index in [9.17, 15) is 4.79 Å². The van der Waals surface area contributed by atoms with Crippen LogP contribution in [-0.2, 0) is 9.53 Å². The van der Waals surface area contributed by atoms with Crippen molar-refractivity contribution >= 4 is 5.78 Å². The summed E-state index contributed by atoms with van der Waals surface area (Å²) in [7, 11) is 1.65. The van der Waals surface area contributed by atoms with Gasteiger partial charge in [-0.3, -0.25) is 4.79 Å². The smallest absolute Gasteiger partial charge is 0.137 e. The van der Waals surface area contributed by atoms with E-state index in [1.54, 1.807) is 14.0 Å². The highest BCUT2D eigenvalue weighted by molar-refractivity contribution is 5.77. The summed E-state index contributed by atoms with van der Waals surface area (Å²) in [4.78, 5) is 11.4. The lowest BCUT2D eigenvalue weighted by Gasteiger charge is -2.39. The van der Waals surface area contributed by atoms with E-state index in [0.29, 0.717) is 12.3 Å². The number of hydrogen-bond acceptors (Lipinski definition) is 2. The van der Waals surface area contributed by atoms with Crippen molar-refractivity contribution in [2.45, 2.75) is 87.5 Å². The van der Waals surface area contributed by atoms with Gasteiger partial charge in [0.15, 0.2) is 0 Å². The van der Waals surface area contributed by atoms with Crippen molar-refractivity contribution in [1.29, 1.82) is 0 Å². The molecule has 0 rings (SSSR count). The molecule has 0 heterocycles. The predicted molar refractivity (Wildman–Crippen MR) is 114 cm³/mol. The summed E-state index contributed by atoms with van der Waals surface area (Å²) in [6, 6.07) is 0. The molecule has 25 heavy (non-hydrogen) atoms. The Morgan fingerprint density at radius 3 is 2.00 bits per heavy atom. The molecule has 0 radical (unpaired) electrons. The molecule has 1 atom stereocenters. The molecule has 0 fully saturated rings. The van der Waals surface area contributed by atoms with Gasteiger partial charge in [0.2, 0.25) is 0 Å². The fourth-order valence-electron chi connectivity index (χ4n) is 3.16. The van der Waals surface area contributed by atoms with Crippen LogP contribution in [0.5, 0.6) is 0 Å². The SMILES string of the molecule is C/C=C(\C=C(/CC(C)=O)OC)C(CC)(CCCC)C(C)C.C=C.CC. The predicted octanol–water partition coefficient (Wildman–Crippen LogP) is 7.51. The maximum absolute atomic E-state index is 11.4. The second-order valence-corrected chi connectivity index (χ2v) is 6.21. The number of ketones is 1. The quantitative estimate of drug-likeness (QED) is 0.231. The van der Waals surface area contributed by atoms with Gasteiger partial charge >= 0.3 is 0 Å². The molecular formula is C23H44O2. The van der Waals surface area contributed by atoms with Crippen LogP contribution in [0.2, 0.25) is 0 Å². The molecule has 0 saturated heterocycles. The van der Waals surface area contributed by atoms with E-state index < -0.39 is 0 Å². The molecule has 0 aliphatic carbocycles. The molecule has 0 N–H and O–H groups in total. The van der Waals surface area contributed by atoms with Crippen LogP contribution >= 0.6 is 0 Å². The highest BCUT2D eigenvalue weighted by Gasteiger charge is 2.34. The molecule has 0 aromatic heterocycles. The second-order valence-electron chi connectivity index (χ2n) is 6.21. The van der Waals surface area contributed by atoms with Gasteiger partial charge in [-0.1, -0.05) is 60.5 Å². The average molecular weight is 353 g/mol. The van der Waals surface area contributed by atoms with Gasteiger partial charge in [0.25, 0.3) is 0 Å². The number of unbranched alkanes of at least 4 members (excludes halogenated alkanes) is 1. The molecule has 0 saturated carbocycles. The van der Waals surface area contributed by atoms with Crippen LogP contribution in [-0.4, -0.2) is 12.9 Å². The molecule has 0 aliphatic heterocycles. The minimum atomic E-state index is 0.138. The third kappa shape index (κ3) is 10.3. The van der Waals surface area contributed by atoms with E-state index in [-0.39, 0.29) is 11.2 Å². The van der Waals surface area contributed by atoms with Crippen molar-refractivity contribution in [3.05, 3.63) is 36.6 Å². The first kappa shape index (κ1) is 28.5. The van der Waals surface area contributed by atoms with Crippen molar-refractivity contribution in [2.75, 3.05) is 7.11 Å². The monoisotopic (exact) mass is 352 g/mol. The van der Waals surface area contributed by atoms with Crippen LogP contribution in [0.1, 0.15) is 87.5 Å². The van der Waals surface area contributed by atoms with Crippen LogP contribution in [0.3, 0.4) is 0 Å². The first-order chi connectivity index (χ1) is 11.9. The zero-order valence-corrected chi connectivity index (χ0v) is 18.5. The zero-order chi connectivity index (χ0) is 20.5. The molecule has 2 heteroatoms. The van der Waals surface area contributed by atoms with E-state index in [4.69, 9.17) is 4.74 Å². The Kier molecular flexibility index (Phi) is 20.0. The number of carbonyl (C=O) groups excluding carboxylic acids is 1. The fraction of sp³-hybridized carbons (Fsp3) is 0.696. The third-order valence-corrected chi connectivity index (χ3v) is 4.60. The Morgan fingerprint density at radius 2 is 1.72 bits per heavy atom. The average Bonchev–Trinajstić information content (AvgIpc) is 2.63. The van der Waals surface area contributed by atoms with Gasteiger partial charge in [-0.2, -0.15) is 0 Å². The maximum atomic E-state index is 11.4. The summed E-state index contributed by atoms with van der Waals surface area (Å²) in [5.74, 6) is 1.47. The van der Waals surface area contributed by atoms with Gasteiger partial charge in [-0.15, -0.1) is 13.2 Å². The number of ether oxygens (including phenoxy) is 1. The van der Waals surface area contributed by atoms with E-state index in [0.717, 1.165) is 12.2 Å². The van der Waals surface area contributed by atoms with Crippen LogP contribution in [0.25, 0.3) is 0 Å². The summed E-state index contributed by atoms with van der Waals surface area (Å²) >= 11 is 0. The van der Waals surface area contributed by atoms with Gasteiger partial charge in [-0.25, -0.2) is 0 Å². The highest BCUT2D eigenvalue weighted by Crippen LogP contribution is 2.44. The van der Waals surface area contributed by atoms with Crippen molar-refractivity contribution in [3.8, 4) is 0 Å². The Morgan fingerprint density at radius 1 is 1.20 bits per heavy atom. The van der Waals surface area contributed by atoms with Gasteiger partial charge < -0.3 is 4.74 Å². The van der Waals surface area contributed by atoms with Gasteiger partial charge in [0, 0.05) is 0 Å². The van der Waals surface area contributed by atoms with E-state index >= 15 is 0 Å². The topological polar surface area (TPSA) is 26.3 Å². The van der Waals surface area contributed by atoms with Gasteiger partial charge in [0.1, 0.15) is 11.5 Å². The molecule has 0 spiro atoms. The molecule has 148 valence electrons. The second kappa shape index (κ2) is 17.5. The largest absolute Gasteiger partial charge is 0.501 e. The van der Waals surface area contributed by atoms with Crippen molar-refractivity contribution in [2.24, 2.45) is 11.3 Å². The number of allylic oxidation sites excluding steroid dienone is 4. The molecular weight excluding hydrogens is 308 g/mol. The standard InChI is InChI=1S/C19H34O2.C2H6.C2H4/c1-8-11-12-19(10-3,15(4)5)17(9-2)14-18(21-7)13-16(6)20;2*1-2/h9,14-15H,8,10-13H2,1-7H3;1-2H3;1-2H2/b17-9+,18-14+;;. The summed E-state index contributed by atoms with van der Waals surface area (Å²) in [5, 5.41) is 0. The minimum Gasteiger partial charge on any atom is -0.501 e. The maximum Gasteiger partial charge on any atom is 0.137 e. The van der Waals surface area contributed by atoms with Crippen LogP contribution < -0.4 is 0 Å². The Labute approximate surface area is 158 Å². The molecule has 0 bridgehead atoms. The van der Waals surface area contributed by atoms with Crippen LogP contribution in [0.4, 0.5) is 0 Å². The summed E-state index contributed by atoms with van der Waals surface area (Å²) in [6.07, 6.45) is 9.40. The number of carbonyl (C=O) groups is 1. The zero-order valence-electron chi connectivity index (χ0n) is 18.5. The molecule has 0 amide bonds. The van der Waals surface area contributed by atoms with Crippen molar-refractivity contribution in [1.82, 2.24) is 0 Å². The van der Waals surface area contributed by atoms with Gasteiger partial charge in [-0.05, 0) is 49.7 Å². The lowest BCUT2D eigenvalue weighted by Crippen LogP contribution is -2.29. The molecule has 0 aromatic carbocycles. The number of rotatable bonds is 10. The van der Waals surface area contributed by atoms with Crippen molar-refractivity contribution in [3.63, 3.8) is 0 Å². The van der Waals surface area contributed by atoms with Crippen LogP contribution in [0, 0.1) is 11.3 Å². The summed E-state index contributed by atoms with van der Waals surface area (Å²) < 4.78 is 5.42. The van der Waals surface area contributed by atoms with E-state index in [1.807, 2.05) is 13.8 Å². The first-order valence-electron chi connectivity index (χ1n) is 9.78. The molecule has 0 aliphatic rings. The number of Topliss-reactive ketones (excluding diaryl/α,β-unsaturated/α-hetero) is 1. The summed E-state index contributed by atoms with van der Waals surface area (Å²) in [6.45, 7) is 22.8. The highest BCUT2D eigenvalue weighted by atomic mass is 16.5. The normalized spacial score (nSPS) is 13.8. The third-order valence-electron chi connectivity index (χ3n) is 4.60. The lowest BCUT2D eigenvalue weighted by molar-refractivity contribution is -0.116. The lowest BCUT2D eigenvalue weighted by atomic mass is 9.66. The van der Waals surface area contributed by atoms with Crippen LogP contribution in [0.15, 0.2) is 36.6 Å². The van der Waals surface area contributed by atoms with Crippen molar-refractivity contribution < 1.29 is 9.53 Å². The molecule has 1 unspecified atom stereocenters. The van der Waals surface area contributed by atoms with Gasteiger partial charge in [0.05, 0.1) is 13.5 Å². The van der Waals surface area contributed by atoms with E-state index in [2.05, 4.69) is 59.9 Å². The number of methoxy groups -OCH3 is 1. The Balaban J connectivity index is -0.00000112. The first-order valence-corrected chi connectivity index (χ1v) is 9.78. The molecule has 2 nitrogen and oxygen atoms in total. The summed E-state index contributed by atoms with van der Waals surface area (Å²) in [5.41, 5.74) is 1.48. The minimum absolute atomic E-state index is 0.138. The number of hydrogen-bond donors (Lipinski definition) is 0. The fourth-order valence-corrected chi connectivity index (χ4v) is 3.16.